The first kappa shape index (κ1) is 25.0. The number of H-pyrrole nitrogens is 1. The van der Waals surface area contributed by atoms with Gasteiger partial charge >= 0.3 is 5.69 Å². The number of carbonyl (C=O) groups is 1. The van der Waals surface area contributed by atoms with Gasteiger partial charge in [-0.05, 0) is 42.3 Å². The summed E-state index contributed by atoms with van der Waals surface area (Å²) in [6.07, 6.45) is 2.64. The van der Waals surface area contributed by atoms with E-state index < -0.39 is 11.2 Å². The molecule has 1 amide bonds. The smallest absolute Gasteiger partial charge is 0.331 e. The van der Waals surface area contributed by atoms with Crippen LogP contribution in [0.15, 0.2) is 69.1 Å². The molecule has 0 atom stereocenters. The lowest BCUT2D eigenvalue weighted by atomic mass is 9.89. The summed E-state index contributed by atoms with van der Waals surface area (Å²) in [4.78, 5) is 56.0. The second-order valence-electron chi connectivity index (χ2n) is 9.21. The number of nitrogens with zero attached hydrogens (tertiary/aromatic N) is 3. The Morgan fingerprint density at radius 1 is 1.00 bits per heavy atom. The van der Waals surface area contributed by atoms with Gasteiger partial charge in [0, 0.05) is 43.0 Å². The number of amides is 1. The van der Waals surface area contributed by atoms with E-state index in [1.165, 1.54) is 17.8 Å². The number of halogens is 2. The molecule has 0 saturated carbocycles. The molecule has 10 heteroatoms. The maximum Gasteiger partial charge on any atom is 0.331 e. The highest BCUT2D eigenvalue weighted by atomic mass is 35.5. The predicted octanol–water partition coefficient (Wildman–Crippen LogP) is 3.77. The maximum absolute atomic E-state index is 13.1. The topological polar surface area (TPSA) is 97.2 Å². The summed E-state index contributed by atoms with van der Waals surface area (Å²) in [7, 11) is 1.36. The highest BCUT2D eigenvalue weighted by Gasteiger charge is 2.26. The molecule has 0 aliphatic carbocycles. The van der Waals surface area contributed by atoms with E-state index in [0.717, 1.165) is 21.0 Å². The summed E-state index contributed by atoms with van der Waals surface area (Å²) >= 11 is 12.4. The van der Waals surface area contributed by atoms with Crippen molar-refractivity contribution in [2.45, 2.75) is 25.3 Å². The van der Waals surface area contributed by atoms with Gasteiger partial charge in [0.05, 0.1) is 15.6 Å². The molecule has 3 heterocycles. The van der Waals surface area contributed by atoms with Gasteiger partial charge in [-0.2, -0.15) is 0 Å². The number of hydrogen-bond acceptors (Lipinski definition) is 4. The second kappa shape index (κ2) is 10.0. The molecule has 1 aliphatic heterocycles. The zero-order chi connectivity index (χ0) is 26.3. The van der Waals surface area contributed by atoms with Crippen LogP contribution in [-0.4, -0.2) is 38.0 Å². The number of pyridine rings is 1. The van der Waals surface area contributed by atoms with Crippen molar-refractivity contribution in [3.63, 3.8) is 0 Å². The molecule has 1 N–H and O–H groups in total. The normalized spacial score (nSPS) is 14.3. The first-order valence-corrected chi connectivity index (χ1v) is 12.6. The third-order valence-corrected chi connectivity index (χ3v) is 7.79. The van der Waals surface area contributed by atoms with Crippen molar-refractivity contribution < 1.29 is 4.79 Å². The van der Waals surface area contributed by atoms with Gasteiger partial charge in [-0.3, -0.25) is 23.5 Å². The average Bonchev–Trinajstić information content (AvgIpc) is 2.90. The molecule has 2 aromatic carbocycles. The zero-order valence-corrected chi connectivity index (χ0v) is 21.6. The van der Waals surface area contributed by atoms with E-state index in [1.54, 1.807) is 23.1 Å². The zero-order valence-electron chi connectivity index (χ0n) is 20.0. The highest BCUT2D eigenvalue weighted by Crippen LogP contribution is 2.32. The van der Waals surface area contributed by atoms with E-state index >= 15 is 0 Å². The Labute approximate surface area is 221 Å². The van der Waals surface area contributed by atoms with E-state index in [9.17, 15) is 19.2 Å². The Morgan fingerprint density at radius 3 is 2.49 bits per heavy atom. The molecule has 37 heavy (non-hydrogen) atoms. The third-order valence-electron chi connectivity index (χ3n) is 6.97. The fraction of sp³-hybridized carbons (Fsp3) is 0.259. The third kappa shape index (κ3) is 4.74. The van der Waals surface area contributed by atoms with Crippen molar-refractivity contribution in [1.82, 2.24) is 19.0 Å². The number of aromatic nitrogens is 3. The number of aromatic amines is 1. The van der Waals surface area contributed by atoms with Gasteiger partial charge in [0.25, 0.3) is 11.1 Å². The van der Waals surface area contributed by atoms with E-state index in [0.29, 0.717) is 31.5 Å². The molecule has 2 aromatic heterocycles. The van der Waals surface area contributed by atoms with Crippen LogP contribution in [0.4, 0.5) is 0 Å². The monoisotopic (exact) mass is 538 g/mol. The minimum atomic E-state index is -0.599. The lowest BCUT2D eigenvalue weighted by Crippen LogP contribution is -2.44. The quantitative estimate of drug-likeness (QED) is 0.427. The summed E-state index contributed by atoms with van der Waals surface area (Å²) in [6, 6.07) is 14.5. The van der Waals surface area contributed by atoms with E-state index in [-0.39, 0.29) is 39.5 Å². The number of nitrogens with one attached hydrogen (secondary N) is 1. The van der Waals surface area contributed by atoms with Crippen molar-refractivity contribution in [1.29, 1.82) is 0 Å². The van der Waals surface area contributed by atoms with Crippen LogP contribution in [0.2, 0.25) is 10.0 Å². The Kier molecular flexibility index (Phi) is 6.79. The van der Waals surface area contributed by atoms with Crippen LogP contribution in [0, 0.1) is 0 Å². The molecular formula is C27H24Cl2N4O4. The fourth-order valence-electron chi connectivity index (χ4n) is 4.89. The number of carbonyl (C=O) groups excluding carboxylic acids is 1. The van der Waals surface area contributed by atoms with Crippen molar-refractivity contribution in [2.75, 3.05) is 13.1 Å². The first-order chi connectivity index (χ1) is 17.7. The Balaban J connectivity index is 1.35. The molecule has 0 spiro atoms. The molecule has 4 aromatic rings. The number of hydrogen-bond donors (Lipinski definition) is 1. The molecule has 1 saturated heterocycles. The summed E-state index contributed by atoms with van der Waals surface area (Å²) in [6.45, 7) is 0.700. The van der Waals surface area contributed by atoms with Crippen LogP contribution in [0.5, 0.6) is 0 Å². The lowest BCUT2D eigenvalue weighted by Gasteiger charge is -2.32. The number of para-hydroxylation sites is 1. The van der Waals surface area contributed by atoms with Crippen molar-refractivity contribution in [2.24, 2.45) is 7.05 Å². The number of piperidine rings is 1. The summed E-state index contributed by atoms with van der Waals surface area (Å²) in [5, 5.41) is 1.45. The molecule has 1 fully saturated rings. The molecule has 5 rings (SSSR count). The van der Waals surface area contributed by atoms with Crippen LogP contribution >= 0.6 is 23.2 Å². The Bertz CT molecular complexity index is 1700. The van der Waals surface area contributed by atoms with Crippen LogP contribution in [0.25, 0.3) is 22.0 Å². The largest absolute Gasteiger partial charge is 0.341 e. The highest BCUT2D eigenvalue weighted by molar-refractivity contribution is 6.43. The van der Waals surface area contributed by atoms with Gasteiger partial charge in [-0.25, -0.2) is 4.79 Å². The van der Waals surface area contributed by atoms with Crippen molar-refractivity contribution in [3.8, 4) is 11.1 Å². The number of likely N-dealkylation sites (tertiary alicyclic amines) is 1. The molecule has 190 valence electrons. The van der Waals surface area contributed by atoms with Gasteiger partial charge in [0.15, 0.2) is 0 Å². The van der Waals surface area contributed by atoms with Gasteiger partial charge in [-0.1, -0.05) is 53.5 Å². The summed E-state index contributed by atoms with van der Waals surface area (Å²) in [5.74, 6) is -0.205. The standard InChI is InChI=1S/C27H24Cl2N4O4/c1-31-26(36)20(18-6-4-7-21(28)24(18)29)14-33(27(31)37)15-23(34)32-11-9-16(10-12-32)19-13-17-5-2-3-8-22(17)30-25(19)35/h2-8,13-14,16H,9-12,15H2,1H3,(H,30,35). The van der Waals surface area contributed by atoms with Gasteiger partial charge in [-0.15, -0.1) is 0 Å². The van der Waals surface area contributed by atoms with E-state index in [2.05, 4.69) is 4.98 Å². The Hall–Kier alpha value is -3.62. The van der Waals surface area contributed by atoms with Gasteiger partial charge in [0.2, 0.25) is 5.91 Å². The first-order valence-electron chi connectivity index (χ1n) is 11.9. The van der Waals surface area contributed by atoms with E-state index in [1.807, 2.05) is 30.3 Å². The SMILES string of the molecule is Cn1c(=O)c(-c2cccc(Cl)c2Cl)cn(CC(=O)N2CCC(c3cc4ccccc4[nH]c3=O)CC2)c1=O. The van der Waals surface area contributed by atoms with Gasteiger partial charge in [0.1, 0.15) is 6.54 Å². The lowest BCUT2D eigenvalue weighted by molar-refractivity contribution is -0.133. The second-order valence-corrected chi connectivity index (χ2v) is 10.0. The number of benzene rings is 2. The van der Waals surface area contributed by atoms with Crippen molar-refractivity contribution in [3.05, 3.63) is 102 Å². The van der Waals surface area contributed by atoms with Gasteiger partial charge < -0.3 is 9.88 Å². The van der Waals surface area contributed by atoms with Crippen LogP contribution in [0.1, 0.15) is 24.3 Å². The summed E-state index contributed by atoms with van der Waals surface area (Å²) < 4.78 is 2.18. The molecule has 0 unspecified atom stereocenters. The minimum absolute atomic E-state index is 0.0363. The fourth-order valence-corrected chi connectivity index (χ4v) is 5.29. The molecular weight excluding hydrogens is 515 g/mol. The average molecular weight is 539 g/mol. The molecule has 1 aliphatic rings. The molecule has 0 bridgehead atoms. The maximum atomic E-state index is 13.1. The molecule has 0 radical (unpaired) electrons. The number of rotatable bonds is 4. The molecule has 8 nitrogen and oxygen atoms in total. The minimum Gasteiger partial charge on any atom is -0.341 e. The predicted molar refractivity (Wildman–Crippen MR) is 145 cm³/mol. The number of fused-ring (bicyclic) bond motifs is 1. The van der Waals surface area contributed by atoms with Crippen LogP contribution < -0.4 is 16.8 Å². The Morgan fingerprint density at radius 2 is 1.73 bits per heavy atom. The van der Waals surface area contributed by atoms with Crippen molar-refractivity contribution >= 4 is 40.0 Å². The van der Waals surface area contributed by atoms with E-state index in [4.69, 9.17) is 23.2 Å². The summed E-state index contributed by atoms with van der Waals surface area (Å²) in [5.41, 5.74) is 0.853. The van der Waals surface area contributed by atoms with Crippen LogP contribution in [-0.2, 0) is 18.4 Å². The van der Waals surface area contributed by atoms with Crippen LogP contribution in [0.3, 0.4) is 0 Å².